The molecule has 4 atom stereocenters. The Kier molecular flexibility index (Phi) is 5.48. The monoisotopic (exact) mass is 282 g/mol. The number of thioether (sulfide) groups is 1. The van der Waals surface area contributed by atoms with E-state index in [9.17, 15) is 0 Å². The molecule has 4 unspecified atom stereocenters. The van der Waals surface area contributed by atoms with Crippen LogP contribution in [0, 0.1) is 5.92 Å². The number of hydrogen-bond acceptors (Lipinski definition) is 3. The van der Waals surface area contributed by atoms with Crippen molar-refractivity contribution in [3.63, 3.8) is 0 Å². The highest BCUT2D eigenvalue weighted by atomic mass is 32.2. The molecule has 3 fully saturated rings. The summed E-state index contributed by atoms with van der Waals surface area (Å²) in [5, 5.41) is 7.86. The maximum atomic E-state index is 4.04. The Hall–Kier alpha value is 0.270. The Morgan fingerprint density at radius 1 is 0.895 bits per heavy atom. The summed E-state index contributed by atoms with van der Waals surface area (Å²) in [6.07, 6.45) is 12.9. The fourth-order valence-corrected chi connectivity index (χ4v) is 5.35. The maximum Gasteiger partial charge on any atom is 0.0161 e. The van der Waals surface area contributed by atoms with E-state index in [2.05, 4.69) is 22.4 Å². The van der Waals surface area contributed by atoms with Crippen molar-refractivity contribution in [3.8, 4) is 0 Å². The van der Waals surface area contributed by atoms with Crippen LogP contribution in [0.2, 0.25) is 0 Å². The molecule has 0 aromatic rings. The largest absolute Gasteiger partial charge is 0.314 e. The molecule has 2 N–H and O–H groups in total. The zero-order valence-electron chi connectivity index (χ0n) is 12.2. The average molecular weight is 282 g/mol. The van der Waals surface area contributed by atoms with Crippen molar-refractivity contribution >= 4 is 11.8 Å². The van der Waals surface area contributed by atoms with Crippen molar-refractivity contribution in [1.29, 1.82) is 0 Å². The summed E-state index contributed by atoms with van der Waals surface area (Å²) in [6, 6.07) is 2.41. The molecular weight excluding hydrogens is 252 g/mol. The van der Waals surface area contributed by atoms with E-state index >= 15 is 0 Å². The minimum Gasteiger partial charge on any atom is -0.314 e. The summed E-state index contributed by atoms with van der Waals surface area (Å²) in [7, 11) is 0. The molecule has 1 aliphatic carbocycles. The highest BCUT2D eigenvalue weighted by Gasteiger charge is 2.33. The van der Waals surface area contributed by atoms with E-state index in [1.165, 1.54) is 75.8 Å². The third kappa shape index (κ3) is 3.89. The molecule has 2 nitrogen and oxygen atoms in total. The van der Waals surface area contributed by atoms with Gasteiger partial charge in [0.05, 0.1) is 0 Å². The number of hydrogen-bond donors (Lipinski definition) is 2. The molecular formula is C16H30N2S. The van der Waals surface area contributed by atoms with E-state index in [-0.39, 0.29) is 0 Å². The van der Waals surface area contributed by atoms with Crippen LogP contribution in [-0.2, 0) is 0 Å². The Morgan fingerprint density at radius 2 is 1.79 bits per heavy atom. The topological polar surface area (TPSA) is 24.1 Å². The lowest BCUT2D eigenvalue weighted by Gasteiger charge is -2.42. The molecule has 0 aromatic carbocycles. The van der Waals surface area contributed by atoms with E-state index in [4.69, 9.17) is 0 Å². The smallest absolute Gasteiger partial charge is 0.0161 e. The molecule has 3 aliphatic rings. The van der Waals surface area contributed by atoms with Gasteiger partial charge >= 0.3 is 0 Å². The fraction of sp³-hybridized carbons (Fsp3) is 1.00. The predicted molar refractivity (Wildman–Crippen MR) is 84.9 cm³/mol. The predicted octanol–water partition coefficient (Wildman–Crippen LogP) is 3.17. The first-order chi connectivity index (χ1) is 9.43. The van der Waals surface area contributed by atoms with Crippen molar-refractivity contribution < 1.29 is 0 Å². The number of piperidine rings is 1. The van der Waals surface area contributed by atoms with Crippen LogP contribution in [0.1, 0.15) is 57.8 Å². The van der Waals surface area contributed by atoms with Gasteiger partial charge in [0.25, 0.3) is 0 Å². The van der Waals surface area contributed by atoms with Gasteiger partial charge in [-0.05, 0) is 56.7 Å². The molecule has 3 rings (SSSR count). The molecule has 19 heavy (non-hydrogen) atoms. The molecule has 0 bridgehead atoms. The molecule has 2 heterocycles. The molecule has 0 radical (unpaired) electrons. The standard InChI is InChI=1S/C16H30N2S/c1-2-9-16(18-13-6-5-11-19-12-13)14(7-1)15-8-3-4-10-17-15/h13-18H,1-12H2. The fourth-order valence-electron chi connectivity index (χ4n) is 4.27. The van der Waals surface area contributed by atoms with Crippen LogP contribution in [0.5, 0.6) is 0 Å². The number of rotatable bonds is 3. The first kappa shape index (κ1) is 14.2. The molecule has 2 saturated heterocycles. The second-order valence-corrected chi connectivity index (χ2v) is 7.84. The summed E-state index contributed by atoms with van der Waals surface area (Å²) < 4.78 is 0. The summed E-state index contributed by atoms with van der Waals surface area (Å²) in [5.74, 6) is 3.64. The molecule has 3 heteroatoms. The third-order valence-corrected chi connectivity index (χ3v) is 6.51. The van der Waals surface area contributed by atoms with Gasteiger partial charge in [0.15, 0.2) is 0 Å². The van der Waals surface area contributed by atoms with Gasteiger partial charge in [-0.2, -0.15) is 11.8 Å². The summed E-state index contributed by atoms with van der Waals surface area (Å²) in [5.41, 5.74) is 0. The van der Waals surface area contributed by atoms with Crippen molar-refractivity contribution in [2.45, 2.75) is 75.9 Å². The summed E-state index contributed by atoms with van der Waals surface area (Å²) in [4.78, 5) is 0. The van der Waals surface area contributed by atoms with Crippen LogP contribution >= 0.6 is 11.8 Å². The zero-order chi connectivity index (χ0) is 12.9. The van der Waals surface area contributed by atoms with Crippen LogP contribution in [0.3, 0.4) is 0 Å². The molecule has 0 amide bonds. The van der Waals surface area contributed by atoms with Crippen LogP contribution in [0.4, 0.5) is 0 Å². The van der Waals surface area contributed by atoms with E-state index < -0.39 is 0 Å². The van der Waals surface area contributed by atoms with Gasteiger partial charge in [-0.25, -0.2) is 0 Å². The van der Waals surface area contributed by atoms with Gasteiger partial charge in [0.2, 0.25) is 0 Å². The molecule has 0 aromatic heterocycles. The van der Waals surface area contributed by atoms with Gasteiger partial charge in [0.1, 0.15) is 0 Å². The quantitative estimate of drug-likeness (QED) is 0.831. The number of nitrogens with one attached hydrogen (secondary N) is 2. The lowest BCUT2D eigenvalue weighted by atomic mass is 9.77. The first-order valence-electron chi connectivity index (χ1n) is 8.50. The van der Waals surface area contributed by atoms with E-state index in [1.807, 2.05) is 0 Å². The van der Waals surface area contributed by atoms with Crippen molar-refractivity contribution in [2.75, 3.05) is 18.1 Å². The lowest BCUT2D eigenvalue weighted by molar-refractivity contribution is 0.172. The van der Waals surface area contributed by atoms with Gasteiger partial charge in [0, 0.05) is 23.9 Å². The second-order valence-electron chi connectivity index (χ2n) is 6.69. The van der Waals surface area contributed by atoms with E-state index in [0.717, 1.165) is 24.0 Å². The van der Waals surface area contributed by atoms with Crippen molar-refractivity contribution in [3.05, 3.63) is 0 Å². The molecule has 1 saturated carbocycles. The molecule has 0 spiro atoms. The van der Waals surface area contributed by atoms with E-state index in [0.29, 0.717) is 0 Å². The van der Waals surface area contributed by atoms with Crippen molar-refractivity contribution in [2.24, 2.45) is 5.92 Å². The highest BCUT2D eigenvalue weighted by molar-refractivity contribution is 7.99. The summed E-state index contributed by atoms with van der Waals surface area (Å²) in [6.45, 7) is 1.26. The first-order valence-corrected chi connectivity index (χ1v) is 9.66. The zero-order valence-corrected chi connectivity index (χ0v) is 13.0. The van der Waals surface area contributed by atoms with E-state index in [1.54, 1.807) is 0 Å². The van der Waals surface area contributed by atoms with Crippen molar-refractivity contribution in [1.82, 2.24) is 10.6 Å². The van der Waals surface area contributed by atoms with Gasteiger partial charge < -0.3 is 10.6 Å². The summed E-state index contributed by atoms with van der Waals surface area (Å²) >= 11 is 2.15. The van der Waals surface area contributed by atoms with Crippen LogP contribution in [0.25, 0.3) is 0 Å². The van der Waals surface area contributed by atoms with Gasteiger partial charge in [-0.15, -0.1) is 0 Å². The Labute approximate surface area is 122 Å². The third-order valence-electron chi connectivity index (χ3n) is 5.29. The minimum atomic E-state index is 0.799. The van der Waals surface area contributed by atoms with Gasteiger partial charge in [-0.3, -0.25) is 0 Å². The Bertz CT molecular complexity index is 259. The second kappa shape index (κ2) is 7.33. The molecule has 2 aliphatic heterocycles. The average Bonchev–Trinajstić information content (AvgIpc) is 2.50. The lowest BCUT2D eigenvalue weighted by Crippen LogP contribution is -2.53. The Morgan fingerprint density at radius 3 is 2.58 bits per heavy atom. The van der Waals surface area contributed by atoms with Crippen LogP contribution in [-0.4, -0.2) is 36.2 Å². The molecule has 110 valence electrons. The SMILES string of the molecule is C1CCC(C2CCCCC2NC2CCCSC2)NC1. The Balaban J connectivity index is 1.56. The van der Waals surface area contributed by atoms with Gasteiger partial charge in [-0.1, -0.05) is 19.3 Å². The normalized spacial score (nSPS) is 41.1. The maximum absolute atomic E-state index is 4.04. The highest BCUT2D eigenvalue weighted by Crippen LogP contribution is 2.31. The van der Waals surface area contributed by atoms with Crippen LogP contribution in [0.15, 0.2) is 0 Å². The minimum absolute atomic E-state index is 0.799. The van der Waals surface area contributed by atoms with Crippen LogP contribution < -0.4 is 10.6 Å².